The van der Waals surface area contributed by atoms with Gasteiger partial charge in [0.1, 0.15) is 5.82 Å². The summed E-state index contributed by atoms with van der Waals surface area (Å²) >= 11 is 5.94. The van der Waals surface area contributed by atoms with Crippen molar-refractivity contribution in [2.45, 2.75) is 32.0 Å². The van der Waals surface area contributed by atoms with Crippen LogP contribution in [0.5, 0.6) is 0 Å². The Kier molecular flexibility index (Phi) is 5.38. The number of rotatable bonds is 4. The number of likely N-dealkylation sites (N-methyl/N-ethyl adjacent to an activating group) is 1. The second-order valence-electron chi connectivity index (χ2n) is 5.42. The van der Waals surface area contributed by atoms with Gasteiger partial charge in [-0.05, 0) is 38.6 Å². The molecule has 0 amide bonds. The van der Waals surface area contributed by atoms with E-state index in [1.54, 1.807) is 12.1 Å². The van der Waals surface area contributed by atoms with Crippen molar-refractivity contribution in [3.63, 3.8) is 0 Å². The third-order valence-electron chi connectivity index (χ3n) is 3.74. The average molecular weight is 301 g/mol. The second-order valence-corrected chi connectivity index (χ2v) is 5.82. The van der Waals surface area contributed by atoms with Crippen molar-refractivity contribution < 1.29 is 9.13 Å². The molecule has 0 saturated carbocycles. The third-order valence-corrected chi connectivity index (χ3v) is 4.03. The van der Waals surface area contributed by atoms with E-state index in [1.165, 1.54) is 6.07 Å². The summed E-state index contributed by atoms with van der Waals surface area (Å²) in [6, 6.07) is 5.44. The second kappa shape index (κ2) is 6.85. The minimum Gasteiger partial charge on any atom is -0.374 e. The summed E-state index contributed by atoms with van der Waals surface area (Å²) in [6.45, 7) is 6.68. The van der Waals surface area contributed by atoms with Gasteiger partial charge in [-0.15, -0.1) is 0 Å². The molecule has 2 rings (SSSR count). The van der Waals surface area contributed by atoms with Gasteiger partial charge < -0.3 is 10.1 Å². The monoisotopic (exact) mass is 300 g/mol. The van der Waals surface area contributed by atoms with Crippen LogP contribution in [0.4, 0.5) is 4.39 Å². The van der Waals surface area contributed by atoms with Crippen molar-refractivity contribution in [2.24, 2.45) is 0 Å². The number of nitrogens with one attached hydrogen (secondary N) is 1. The number of morpholine rings is 1. The molecule has 1 aromatic rings. The van der Waals surface area contributed by atoms with E-state index in [4.69, 9.17) is 16.3 Å². The molecule has 1 aliphatic heterocycles. The van der Waals surface area contributed by atoms with E-state index in [-0.39, 0.29) is 23.0 Å². The maximum Gasteiger partial charge on any atom is 0.141 e. The van der Waals surface area contributed by atoms with Crippen LogP contribution in [0.2, 0.25) is 5.02 Å². The van der Waals surface area contributed by atoms with Crippen LogP contribution in [0.15, 0.2) is 18.2 Å². The zero-order valence-electron chi connectivity index (χ0n) is 12.2. The number of hydrogen-bond donors (Lipinski definition) is 1. The first-order valence-corrected chi connectivity index (χ1v) is 7.39. The molecule has 0 aliphatic carbocycles. The molecule has 2 atom stereocenters. The van der Waals surface area contributed by atoms with E-state index in [9.17, 15) is 4.39 Å². The predicted molar refractivity (Wildman–Crippen MR) is 79.7 cm³/mol. The topological polar surface area (TPSA) is 24.5 Å². The van der Waals surface area contributed by atoms with Crippen LogP contribution in [-0.2, 0) is 4.74 Å². The van der Waals surface area contributed by atoms with Crippen LogP contribution in [0, 0.1) is 5.82 Å². The first-order chi connectivity index (χ1) is 9.54. The summed E-state index contributed by atoms with van der Waals surface area (Å²) in [4.78, 5) is 2.38. The first-order valence-electron chi connectivity index (χ1n) is 7.01. The number of benzene rings is 1. The van der Waals surface area contributed by atoms with Gasteiger partial charge >= 0.3 is 0 Å². The molecule has 20 heavy (non-hydrogen) atoms. The maximum absolute atomic E-state index is 13.4. The van der Waals surface area contributed by atoms with Crippen molar-refractivity contribution in [1.82, 2.24) is 10.2 Å². The minimum atomic E-state index is -0.381. The SMILES string of the molecule is CNCC1OCCN(C(C)C)C1c1ccc(F)c(Cl)c1. The van der Waals surface area contributed by atoms with Crippen molar-refractivity contribution >= 4 is 11.6 Å². The van der Waals surface area contributed by atoms with Gasteiger partial charge in [0.25, 0.3) is 0 Å². The third kappa shape index (κ3) is 3.31. The van der Waals surface area contributed by atoms with Crippen LogP contribution in [0.25, 0.3) is 0 Å². The zero-order chi connectivity index (χ0) is 14.7. The van der Waals surface area contributed by atoms with Gasteiger partial charge in [0.15, 0.2) is 0 Å². The van der Waals surface area contributed by atoms with E-state index < -0.39 is 0 Å². The fourth-order valence-electron chi connectivity index (χ4n) is 2.81. The van der Waals surface area contributed by atoms with Gasteiger partial charge in [-0.2, -0.15) is 0 Å². The standard InChI is InChI=1S/C15H22ClFN2O/c1-10(2)19-6-7-20-14(9-18-3)15(19)11-4-5-13(17)12(16)8-11/h4-5,8,10,14-15,18H,6-7,9H2,1-3H3. The molecule has 0 spiro atoms. The van der Waals surface area contributed by atoms with Crippen LogP contribution >= 0.6 is 11.6 Å². The average Bonchev–Trinajstić information content (AvgIpc) is 2.42. The lowest BCUT2D eigenvalue weighted by Gasteiger charge is -2.43. The fourth-order valence-corrected chi connectivity index (χ4v) is 3.00. The van der Waals surface area contributed by atoms with Gasteiger partial charge in [0.2, 0.25) is 0 Å². The van der Waals surface area contributed by atoms with E-state index in [1.807, 2.05) is 7.05 Å². The quantitative estimate of drug-likeness (QED) is 0.925. The summed E-state index contributed by atoms with van der Waals surface area (Å²) in [5.74, 6) is -0.381. The molecule has 5 heteroatoms. The molecule has 1 N–H and O–H groups in total. The lowest BCUT2D eigenvalue weighted by Crippen LogP contribution is -2.51. The molecule has 1 aliphatic rings. The van der Waals surface area contributed by atoms with Gasteiger partial charge in [0.05, 0.1) is 23.8 Å². The van der Waals surface area contributed by atoms with Crippen LogP contribution in [0.3, 0.4) is 0 Å². The Balaban J connectivity index is 2.35. The highest BCUT2D eigenvalue weighted by molar-refractivity contribution is 6.30. The van der Waals surface area contributed by atoms with Gasteiger partial charge in [0, 0.05) is 19.1 Å². The molecule has 1 saturated heterocycles. The molecule has 2 unspecified atom stereocenters. The highest BCUT2D eigenvalue weighted by Crippen LogP contribution is 2.32. The molecule has 1 aromatic carbocycles. The highest BCUT2D eigenvalue weighted by atomic mass is 35.5. The Morgan fingerprint density at radius 1 is 1.50 bits per heavy atom. The minimum absolute atomic E-state index is 0.0395. The van der Waals surface area contributed by atoms with Crippen molar-refractivity contribution in [3.05, 3.63) is 34.6 Å². The Hall–Kier alpha value is -0.680. The Morgan fingerprint density at radius 3 is 2.85 bits per heavy atom. The smallest absolute Gasteiger partial charge is 0.141 e. The predicted octanol–water partition coefficient (Wildman–Crippen LogP) is 2.85. The van der Waals surface area contributed by atoms with E-state index in [2.05, 4.69) is 24.1 Å². The van der Waals surface area contributed by atoms with Gasteiger partial charge in [-0.3, -0.25) is 4.90 Å². The lowest BCUT2D eigenvalue weighted by molar-refractivity contribution is -0.0815. The summed E-state index contributed by atoms with van der Waals surface area (Å²) in [5, 5.41) is 3.33. The zero-order valence-corrected chi connectivity index (χ0v) is 13.0. The molecule has 1 heterocycles. The van der Waals surface area contributed by atoms with E-state index in [0.717, 1.165) is 25.3 Å². The molecule has 1 fully saturated rings. The largest absolute Gasteiger partial charge is 0.374 e. The number of hydrogen-bond acceptors (Lipinski definition) is 3. The molecular formula is C15H22ClFN2O. The Morgan fingerprint density at radius 2 is 2.25 bits per heavy atom. The molecule has 0 radical (unpaired) electrons. The van der Waals surface area contributed by atoms with E-state index in [0.29, 0.717) is 6.04 Å². The first kappa shape index (κ1) is 15.7. The molecule has 0 bridgehead atoms. The summed E-state index contributed by atoms with van der Waals surface area (Å²) in [5.41, 5.74) is 1.00. The van der Waals surface area contributed by atoms with Crippen LogP contribution < -0.4 is 5.32 Å². The number of halogens is 2. The fraction of sp³-hybridized carbons (Fsp3) is 0.600. The van der Waals surface area contributed by atoms with Crippen LogP contribution in [0.1, 0.15) is 25.5 Å². The molecule has 0 aromatic heterocycles. The highest BCUT2D eigenvalue weighted by Gasteiger charge is 2.34. The van der Waals surface area contributed by atoms with Crippen molar-refractivity contribution in [1.29, 1.82) is 0 Å². The summed E-state index contributed by atoms with van der Waals surface area (Å²) in [6.07, 6.45) is 0.0395. The maximum atomic E-state index is 13.4. The van der Waals surface area contributed by atoms with Crippen molar-refractivity contribution in [2.75, 3.05) is 26.7 Å². The normalized spacial score (nSPS) is 24.3. The Bertz CT molecular complexity index is 453. The molecular weight excluding hydrogens is 279 g/mol. The number of ether oxygens (including phenoxy) is 1. The lowest BCUT2D eigenvalue weighted by atomic mass is 9.96. The van der Waals surface area contributed by atoms with Gasteiger partial charge in [-0.25, -0.2) is 4.39 Å². The molecule has 3 nitrogen and oxygen atoms in total. The number of nitrogens with zero attached hydrogens (tertiary/aromatic N) is 1. The van der Waals surface area contributed by atoms with Gasteiger partial charge in [-0.1, -0.05) is 17.7 Å². The summed E-state index contributed by atoms with van der Waals surface area (Å²) < 4.78 is 19.3. The Labute approximate surface area is 125 Å². The molecule has 112 valence electrons. The van der Waals surface area contributed by atoms with Crippen molar-refractivity contribution in [3.8, 4) is 0 Å². The van der Waals surface area contributed by atoms with E-state index >= 15 is 0 Å². The van der Waals surface area contributed by atoms with Crippen LogP contribution in [-0.4, -0.2) is 43.8 Å². The summed E-state index contributed by atoms with van der Waals surface area (Å²) in [7, 11) is 1.91.